The van der Waals surface area contributed by atoms with Crippen molar-refractivity contribution in [3.63, 3.8) is 0 Å². The van der Waals surface area contributed by atoms with Crippen molar-refractivity contribution in [2.75, 3.05) is 32.8 Å². The molecular formula is C12H16ClNO2. The maximum Gasteiger partial charge on any atom is 0.137 e. The fourth-order valence-electron chi connectivity index (χ4n) is 1.82. The van der Waals surface area contributed by atoms with Gasteiger partial charge in [0.1, 0.15) is 12.4 Å². The van der Waals surface area contributed by atoms with Gasteiger partial charge in [0.05, 0.1) is 5.02 Å². The minimum atomic E-state index is 0.294. The van der Waals surface area contributed by atoms with E-state index in [0.717, 1.165) is 25.4 Å². The summed E-state index contributed by atoms with van der Waals surface area (Å²) in [7, 11) is 0. The van der Waals surface area contributed by atoms with Gasteiger partial charge in [0.25, 0.3) is 0 Å². The van der Waals surface area contributed by atoms with E-state index in [-0.39, 0.29) is 0 Å². The molecule has 88 valence electrons. The van der Waals surface area contributed by atoms with Crippen molar-refractivity contribution < 1.29 is 9.84 Å². The lowest BCUT2D eigenvalue weighted by Crippen LogP contribution is -2.49. The topological polar surface area (TPSA) is 32.7 Å². The van der Waals surface area contributed by atoms with Crippen LogP contribution in [0.5, 0.6) is 5.75 Å². The summed E-state index contributed by atoms with van der Waals surface area (Å²) >= 11 is 5.96. The second-order valence-electron chi connectivity index (χ2n) is 4.09. The summed E-state index contributed by atoms with van der Waals surface area (Å²) in [6.45, 7) is 3.77. The van der Waals surface area contributed by atoms with E-state index in [2.05, 4.69) is 4.90 Å². The van der Waals surface area contributed by atoms with Gasteiger partial charge in [0.15, 0.2) is 0 Å². The molecule has 1 aromatic rings. The van der Waals surface area contributed by atoms with Gasteiger partial charge in [0, 0.05) is 32.2 Å². The average Bonchev–Trinajstić information content (AvgIpc) is 2.24. The van der Waals surface area contributed by atoms with Crippen molar-refractivity contribution in [1.29, 1.82) is 0 Å². The third-order valence-electron chi connectivity index (χ3n) is 2.79. The monoisotopic (exact) mass is 241 g/mol. The van der Waals surface area contributed by atoms with Gasteiger partial charge in [-0.3, -0.25) is 4.90 Å². The summed E-state index contributed by atoms with van der Waals surface area (Å²) in [5, 5.41) is 9.52. The van der Waals surface area contributed by atoms with Crippen molar-refractivity contribution >= 4 is 11.6 Å². The van der Waals surface area contributed by atoms with Crippen molar-refractivity contribution in [2.24, 2.45) is 5.92 Å². The lowest BCUT2D eigenvalue weighted by Gasteiger charge is -2.37. The fraction of sp³-hybridized carbons (Fsp3) is 0.500. The largest absolute Gasteiger partial charge is 0.491 e. The van der Waals surface area contributed by atoms with Crippen LogP contribution in [0.15, 0.2) is 24.3 Å². The first-order valence-corrected chi connectivity index (χ1v) is 5.88. The van der Waals surface area contributed by atoms with Crippen LogP contribution in [0, 0.1) is 5.92 Å². The van der Waals surface area contributed by atoms with Crippen LogP contribution in [0.25, 0.3) is 0 Å². The molecule has 0 amide bonds. The third kappa shape index (κ3) is 2.88. The van der Waals surface area contributed by atoms with Crippen LogP contribution in [0.3, 0.4) is 0 Å². The molecule has 0 aromatic heterocycles. The number of halogens is 1. The molecule has 0 aliphatic carbocycles. The van der Waals surface area contributed by atoms with Gasteiger partial charge in [-0.15, -0.1) is 0 Å². The second-order valence-corrected chi connectivity index (χ2v) is 4.49. The van der Waals surface area contributed by atoms with E-state index in [1.165, 1.54) is 0 Å². The van der Waals surface area contributed by atoms with E-state index in [9.17, 15) is 0 Å². The van der Waals surface area contributed by atoms with E-state index in [4.69, 9.17) is 21.4 Å². The van der Waals surface area contributed by atoms with Gasteiger partial charge in [-0.05, 0) is 12.1 Å². The Bertz CT molecular complexity index is 340. The summed E-state index contributed by atoms with van der Waals surface area (Å²) in [5.74, 6) is 1.20. The van der Waals surface area contributed by atoms with Crippen LogP contribution in [0.2, 0.25) is 5.02 Å². The molecule has 1 saturated heterocycles. The van der Waals surface area contributed by atoms with Crippen LogP contribution >= 0.6 is 11.6 Å². The summed E-state index contributed by atoms with van der Waals surface area (Å²) in [6, 6.07) is 7.49. The molecule has 1 N–H and O–H groups in total. The van der Waals surface area contributed by atoms with E-state index < -0.39 is 0 Å². The molecule has 1 fully saturated rings. The number of hydrogen-bond donors (Lipinski definition) is 1. The van der Waals surface area contributed by atoms with Crippen molar-refractivity contribution in [3.8, 4) is 5.75 Å². The highest BCUT2D eigenvalue weighted by atomic mass is 35.5. The number of para-hydroxylation sites is 1. The number of aliphatic hydroxyl groups is 1. The lowest BCUT2D eigenvalue weighted by atomic mass is 10.0. The first-order chi connectivity index (χ1) is 7.79. The minimum absolute atomic E-state index is 0.294. The first-order valence-electron chi connectivity index (χ1n) is 5.50. The molecule has 0 spiro atoms. The Hall–Kier alpha value is -0.770. The number of likely N-dealkylation sites (tertiary alicyclic amines) is 1. The Labute approximate surface area is 101 Å². The van der Waals surface area contributed by atoms with Crippen molar-refractivity contribution in [1.82, 2.24) is 4.90 Å². The summed E-state index contributed by atoms with van der Waals surface area (Å²) in [6.07, 6.45) is 0. The molecule has 4 heteroatoms. The predicted molar refractivity (Wildman–Crippen MR) is 64.0 cm³/mol. The number of rotatable bonds is 5. The zero-order valence-electron chi connectivity index (χ0n) is 9.10. The van der Waals surface area contributed by atoms with Gasteiger partial charge in [-0.25, -0.2) is 0 Å². The van der Waals surface area contributed by atoms with Crippen LogP contribution in [-0.2, 0) is 0 Å². The third-order valence-corrected chi connectivity index (χ3v) is 3.10. The molecule has 0 saturated carbocycles. The minimum Gasteiger partial charge on any atom is -0.491 e. The zero-order chi connectivity index (χ0) is 11.4. The molecular weight excluding hydrogens is 226 g/mol. The highest BCUT2D eigenvalue weighted by Crippen LogP contribution is 2.23. The molecule has 1 aliphatic rings. The number of ether oxygens (including phenoxy) is 1. The normalized spacial score (nSPS) is 17.1. The van der Waals surface area contributed by atoms with Crippen LogP contribution in [0.1, 0.15) is 0 Å². The van der Waals surface area contributed by atoms with E-state index >= 15 is 0 Å². The number of nitrogens with zero attached hydrogens (tertiary/aromatic N) is 1. The maximum absolute atomic E-state index is 8.87. The van der Waals surface area contributed by atoms with E-state index in [1.807, 2.05) is 24.3 Å². The quantitative estimate of drug-likeness (QED) is 0.851. The Kier molecular flexibility index (Phi) is 4.04. The number of hydrogen-bond acceptors (Lipinski definition) is 3. The molecule has 1 aromatic carbocycles. The molecule has 2 rings (SSSR count). The molecule has 3 nitrogen and oxygen atoms in total. The molecule has 0 bridgehead atoms. The lowest BCUT2D eigenvalue weighted by molar-refractivity contribution is 0.0439. The van der Waals surface area contributed by atoms with Crippen molar-refractivity contribution in [3.05, 3.63) is 29.3 Å². The van der Waals surface area contributed by atoms with E-state index in [1.54, 1.807) is 0 Å². The Morgan fingerprint density at radius 1 is 1.38 bits per heavy atom. The standard InChI is InChI=1S/C12H16ClNO2/c13-11-3-1-2-4-12(11)16-6-5-14-7-10(8-14)9-15/h1-4,10,15H,5-9H2. The molecule has 0 radical (unpaired) electrons. The Balaban J connectivity index is 1.67. The van der Waals surface area contributed by atoms with Crippen molar-refractivity contribution in [2.45, 2.75) is 0 Å². The van der Waals surface area contributed by atoms with Gasteiger partial charge in [0.2, 0.25) is 0 Å². The van der Waals surface area contributed by atoms with Gasteiger partial charge < -0.3 is 9.84 Å². The van der Waals surface area contributed by atoms with Gasteiger partial charge in [-0.1, -0.05) is 23.7 Å². The highest BCUT2D eigenvalue weighted by molar-refractivity contribution is 6.32. The molecule has 0 unspecified atom stereocenters. The van der Waals surface area contributed by atoms with Gasteiger partial charge >= 0.3 is 0 Å². The second kappa shape index (κ2) is 5.53. The smallest absolute Gasteiger partial charge is 0.137 e. The van der Waals surface area contributed by atoms with Crippen LogP contribution in [0.4, 0.5) is 0 Å². The molecule has 16 heavy (non-hydrogen) atoms. The molecule has 1 aliphatic heterocycles. The summed E-state index contributed by atoms with van der Waals surface area (Å²) in [5.41, 5.74) is 0. The van der Waals surface area contributed by atoms with E-state index in [0.29, 0.717) is 24.2 Å². The predicted octanol–water partition coefficient (Wildman–Crippen LogP) is 1.64. The maximum atomic E-state index is 8.87. The SMILES string of the molecule is OCC1CN(CCOc2ccccc2Cl)C1. The summed E-state index contributed by atoms with van der Waals surface area (Å²) < 4.78 is 5.58. The molecule has 0 atom stereocenters. The Morgan fingerprint density at radius 2 is 2.12 bits per heavy atom. The highest BCUT2D eigenvalue weighted by Gasteiger charge is 2.25. The van der Waals surface area contributed by atoms with Gasteiger partial charge in [-0.2, -0.15) is 0 Å². The fourth-order valence-corrected chi connectivity index (χ4v) is 2.01. The first kappa shape index (κ1) is 11.7. The number of benzene rings is 1. The van der Waals surface area contributed by atoms with Crippen LogP contribution in [-0.4, -0.2) is 42.9 Å². The van der Waals surface area contributed by atoms with Crippen LogP contribution < -0.4 is 4.74 Å². The molecule has 1 heterocycles. The average molecular weight is 242 g/mol. The Morgan fingerprint density at radius 3 is 2.81 bits per heavy atom. The summed E-state index contributed by atoms with van der Waals surface area (Å²) in [4.78, 5) is 2.26. The number of aliphatic hydroxyl groups excluding tert-OH is 1. The zero-order valence-corrected chi connectivity index (χ0v) is 9.86.